The van der Waals surface area contributed by atoms with Crippen molar-refractivity contribution in [2.45, 2.75) is 29.7 Å². The van der Waals surface area contributed by atoms with Gasteiger partial charge in [-0.1, -0.05) is 30.3 Å². The number of nitrogens with two attached hydrogens (primary N) is 1. The van der Waals surface area contributed by atoms with Crippen molar-refractivity contribution < 1.29 is 13.2 Å². The third kappa shape index (κ3) is 5.09. The van der Waals surface area contributed by atoms with Crippen molar-refractivity contribution in [2.75, 3.05) is 5.75 Å². The Morgan fingerprint density at radius 3 is 2.38 bits per heavy atom. The van der Waals surface area contributed by atoms with Crippen LogP contribution >= 0.6 is 11.8 Å². The number of rotatable bonds is 6. The second kappa shape index (κ2) is 7.83. The van der Waals surface area contributed by atoms with Gasteiger partial charge in [0, 0.05) is 4.90 Å². The number of thioether (sulfide) groups is 1. The summed E-state index contributed by atoms with van der Waals surface area (Å²) in [6.07, 6.45) is 0. The summed E-state index contributed by atoms with van der Waals surface area (Å²) in [6.45, 7) is 3.86. The van der Waals surface area contributed by atoms with E-state index >= 15 is 0 Å². The number of aryl methyl sites for hydroxylation is 1. The first-order chi connectivity index (χ1) is 11.3. The zero-order valence-corrected chi connectivity index (χ0v) is 15.2. The summed E-state index contributed by atoms with van der Waals surface area (Å²) in [4.78, 5) is 13.2. The van der Waals surface area contributed by atoms with Gasteiger partial charge in [-0.15, -0.1) is 11.8 Å². The molecule has 0 saturated carbocycles. The van der Waals surface area contributed by atoms with Crippen LogP contribution in [0.1, 0.15) is 24.1 Å². The molecular formula is C17H20N2O3S2. The fourth-order valence-electron chi connectivity index (χ4n) is 2.17. The Morgan fingerprint density at radius 2 is 1.79 bits per heavy atom. The van der Waals surface area contributed by atoms with Crippen LogP contribution in [0.15, 0.2) is 58.3 Å². The second-order valence-corrected chi connectivity index (χ2v) is 8.04. The summed E-state index contributed by atoms with van der Waals surface area (Å²) < 4.78 is 22.5. The maximum Gasteiger partial charge on any atom is 0.238 e. The highest BCUT2D eigenvalue weighted by atomic mass is 32.2. The van der Waals surface area contributed by atoms with E-state index in [2.05, 4.69) is 5.32 Å². The lowest BCUT2D eigenvalue weighted by Gasteiger charge is -2.15. The highest BCUT2D eigenvalue weighted by molar-refractivity contribution is 8.00. The molecule has 0 aliphatic carbocycles. The van der Waals surface area contributed by atoms with Crippen molar-refractivity contribution in [1.29, 1.82) is 0 Å². The number of nitrogens with one attached hydrogen (secondary N) is 1. The van der Waals surface area contributed by atoms with Crippen molar-refractivity contribution in [3.63, 3.8) is 0 Å². The Bertz CT molecular complexity index is 818. The number of carbonyl (C=O) groups excluding carboxylic acids is 1. The van der Waals surface area contributed by atoms with E-state index in [9.17, 15) is 13.2 Å². The number of amides is 1. The normalized spacial score (nSPS) is 12.6. The Balaban J connectivity index is 1.93. The molecule has 1 amide bonds. The van der Waals surface area contributed by atoms with Crippen molar-refractivity contribution in [1.82, 2.24) is 5.32 Å². The molecule has 1 unspecified atom stereocenters. The molecule has 0 aliphatic rings. The zero-order valence-electron chi connectivity index (χ0n) is 13.5. The zero-order chi connectivity index (χ0) is 17.7. The molecule has 0 aliphatic heterocycles. The van der Waals surface area contributed by atoms with E-state index in [-0.39, 0.29) is 16.8 Å². The smallest absolute Gasteiger partial charge is 0.238 e. The summed E-state index contributed by atoms with van der Waals surface area (Å²) in [5.74, 6) is 0.246. The average molecular weight is 364 g/mol. The lowest BCUT2D eigenvalue weighted by atomic mass is 10.1. The second-order valence-electron chi connectivity index (χ2n) is 5.46. The van der Waals surface area contributed by atoms with Gasteiger partial charge in [0.2, 0.25) is 15.9 Å². The molecule has 2 aromatic carbocycles. The number of hydrogen-bond donors (Lipinski definition) is 2. The molecular weight excluding hydrogens is 344 g/mol. The predicted molar refractivity (Wildman–Crippen MR) is 96.3 cm³/mol. The third-order valence-electron chi connectivity index (χ3n) is 3.54. The van der Waals surface area contributed by atoms with E-state index in [4.69, 9.17) is 5.14 Å². The molecule has 1 atom stereocenters. The van der Waals surface area contributed by atoms with Crippen LogP contribution in [0, 0.1) is 6.92 Å². The lowest BCUT2D eigenvalue weighted by molar-refractivity contribution is -0.119. The molecule has 0 spiro atoms. The average Bonchev–Trinajstić information content (AvgIpc) is 2.53. The molecule has 0 fully saturated rings. The highest BCUT2D eigenvalue weighted by Gasteiger charge is 2.12. The largest absolute Gasteiger partial charge is 0.349 e. The maximum atomic E-state index is 12.1. The van der Waals surface area contributed by atoms with Crippen LogP contribution in [0.25, 0.3) is 0 Å². The van der Waals surface area contributed by atoms with Crippen molar-refractivity contribution in [3.8, 4) is 0 Å². The monoisotopic (exact) mass is 364 g/mol. The van der Waals surface area contributed by atoms with E-state index in [1.165, 1.54) is 23.9 Å². The van der Waals surface area contributed by atoms with Crippen LogP contribution in [-0.4, -0.2) is 20.1 Å². The molecule has 24 heavy (non-hydrogen) atoms. The van der Waals surface area contributed by atoms with Crippen LogP contribution < -0.4 is 10.5 Å². The van der Waals surface area contributed by atoms with Crippen molar-refractivity contribution >= 4 is 27.7 Å². The van der Waals surface area contributed by atoms with Crippen LogP contribution in [0.4, 0.5) is 0 Å². The third-order valence-corrected chi connectivity index (χ3v) is 5.64. The van der Waals surface area contributed by atoms with E-state index in [0.29, 0.717) is 5.75 Å². The van der Waals surface area contributed by atoms with Crippen LogP contribution in [-0.2, 0) is 14.8 Å². The summed E-state index contributed by atoms with van der Waals surface area (Å²) in [6, 6.07) is 13.9. The quantitative estimate of drug-likeness (QED) is 0.771. The minimum Gasteiger partial charge on any atom is -0.349 e. The fraction of sp³-hybridized carbons (Fsp3) is 0.235. The first kappa shape index (κ1) is 18.5. The Hall–Kier alpha value is -1.83. The van der Waals surface area contributed by atoms with Gasteiger partial charge in [0.25, 0.3) is 0 Å². The molecule has 5 nitrogen and oxygen atoms in total. The Kier molecular flexibility index (Phi) is 6.04. The maximum absolute atomic E-state index is 12.1. The molecule has 128 valence electrons. The summed E-state index contributed by atoms with van der Waals surface area (Å²) in [5.41, 5.74) is 1.96. The highest BCUT2D eigenvalue weighted by Crippen LogP contribution is 2.22. The number of hydrogen-bond acceptors (Lipinski definition) is 4. The van der Waals surface area contributed by atoms with Crippen molar-refractivity contribution in [3.05, 3.63) is 59.7 Å². The molecule has 0 bridgehead atoms. The summed E-state index contributed by atoms with van der Waals surface area (Å²) in [5, 5.41) is 7.97. The predicted octanol–water partition coefficient (Wildman–Crippen LogP) is 2.61. The van der Waals surface area contributed by atoms with Gasteiger partial charge in [0.1, 0.15) is 0 Å². The molecule has 0 heterocycles. The molecule has 3 N–H and O–H groups in total. The van der Waals surface area contributed by atoms with Gasteiger partial charge in [0.05, 0.1) is 16.7 Å². The van der Waals surface area contributed by atoms with E-state index < -0.39 is 10.0 Å². The van der Waals surface area contributed by atoms with Gasteiger partial charge in [-0.2, -0.15) is 0 Å². The van der Waals surface area contributed by atoms with Gasteiger partial charge >= 0.3 is 0 Å². The first-order valence-electron chi connectivity index (χ1n) is 7.38. The first-order valence-corrected chi connectivity index (χ1v) is 9.91. The number of sulfonamides is 1. The van der Waals surface area contributed by atoms with E-state index in [1.54, 1.807) is 12.1 Å². The summed E-state index contributed by atoms with van der Waals surface area (Å²) >= 11 is 1.49. The molecule has 7 heteroatoms. The van der Waals surface area contributed by atoms with Crippen LogP contribution in [0.5, 0.6) is 0 Å². The lowest BCUT2D eigenvalue weighted by Crippen LogP contribution is -2.28. The SMILES string of the molecule is Cc1ccccc1SCC(=O)NC(C)c1ccc(S(N)(=O)=O)cc1. The molecule has 2 rings (SSSR count). The van der Waals surface area contributed by atoms with Gasteiger partial charge in [-0.05, 0) is 43.2 Å². The molecule has 2 aromatic rings. The van der Waals surface area contributed by atoms with Gasteiger partial charge in [-0.3, -0.25) is 4.79 Å². The Labute approximate surface area is 146 Å². The number of benzene rings is 2. The standard InChI is InChI=1S/C17H20N2O3S2/c1-12-5-3-4-6-16(12)23-11-17(20)19-13(2)14-7-9-15(10-8-14)24(18,21)22/h3-10,13H,11H2,1-2H3,(H,19,20)(H2,18,21,22). The number of primary sulfonamides is 1. The molecule has 0 aromatic heterocycles. The number of carbonyl (C=O) groups is 1. The fourth-order valence-corrected chi connectivity index (χ4v) is 3.53. The minimum atomic E-state index is -3.70. The van der Waals surface area contributed by atoms with E-state index in [0.717, 1.165) is 16.0 Å². The van der Waals surface area contributed by atoms with E-state index in [1.807, 2.05) is 38.1 Å². The minimum absolute atomic E-state index is 0.0554. The Morgan fingerprint density at radius 1 is 1.17 bits per heavy atom. The molecule has 0 saturated heterocycles. The van der Waals surface area contributed by atoms with Crippen LogP contribution in [0.3, 0.4) is 0 Å². The summed E-state index contributed by atoms with van der Waals surface area (Å²) in [7, 11) is -3.70. The van der Waals surface area contributed by atoms with Gasteiger partial charge < -0.3 is 5.32 Å². The topological polar surface area (TPSA) is 89.3 Å². The molecule has 0 radical (unpaired) electrons. The van der Waals surface area contributed by atoms with Gasteiger partial charge in [0.15, 0.2) is 0 Å². The van der Waals surface area contributed by atoms with Crippen LogP contribution in [0.2, 0.25) is 0 Å². The van der Waals surface area contributed by atoms with Gasteiger partial charge in [-0.25, -0.2) is 13.6 Å². The van der Waals surface area contributed by atoms with Crippen molar-refractivity contribution in [2.24, 2.45) is 5.14 Å².